The molecule has 1 unspecified atom stereocenters. The van der Waals surface area contributed by atoms with Gasteiger partial charge >= 0.3 is 0 Å². The fourth-order valence-corrected chi connectivity index (χ4v) is 2.97. The third-order valence-corrected chi connectivity index (χ3v) is 4.57. The highest BCUT2D eigenvalue weighted by molar-refractivity contribution is 5.94. The van der Waals surface area contributed by atoms with Crippen molar-refractivity contribution in [3.63, 3.8) is 0 Å². The first kappa shape index (κ1) is 14.1. The summed E-state index contributed by atoms with van der Waals surface area (Å²) in [6.45, 7) is 3.11. The topological polar surface area (TPSA) is 49.4 Å². The molecule has 0 radical (unpaired) electrons. The lowest BCUT2D eigenvalue weighted by Gasteiger charge is -2.32. The Bertz CT molecular complexity index is 539. The van der Waals surface area contributed by atoms with Gasteiger partial charge < -0.3 is 10.2 Å². The predicted molar refractivity (Wildman–Crippen MR) is 80.5 cm³/mol. The van der Waals surface area contributed by atoms with Crippen molar-refractivity contribution >= 4 is 11.8 Å². The summed E-state index contributed by atoms with van der Waals surface area (Å²) in [6, 6.07) is 9.53. The van der Waals surface area contributed by atoms with Crippen molar-refractivity contribution in [1.29, 1.82) is 0 Å². The molecular formula is C17H22N2O2. The molecule has 0 spiro atoms. The molecule has 112 valence electrons. The Morgan fingerprint density at radius 3 is 2.62 bits per heavy atom. The molecule has 1 heterocycles. The summed E-state index contributed by atoms with van der Waals surface area (Å²) >= 11 is 0. The highest BCUT2D eigenvalue weighted by Gasteiger charge is 2.42. The van der Waals surface area contributed by atoms with Gasteiger partial charge in [0.1, 0.15) is 5.54 Å². The summed E-state index contributed by atoms with van der Waals surface area (Å²) in [5, 5.41) is 2.92. The first-order valence-corrected chi connectivity index (χ1v) is 7.75. The Labute approximate surface area is 125 Å². The van der Waals surface area contributed by atoms with Gasteiger partial charge in [0.2, 0.25) is 5.91 Å². The molecule has 3 rings (SSSR count). The number of hydrogen-bond donors (Lipinski definition) is 1. The molecule has 1 saturated heterocycles. The van der Waals surface area contributed by atoms with E-state index in [-0.39, 0.29) is 11.8 Å². The van der Waals surface area contributed by atoms with Crippen molar-refractivity contribution in [2.75, 3.05) is 13.1 Å². The van der Waals surface area contributed by atoms with Crippen LogP contribution in [-0.2, 0) is 15.1 Å². The van der Waals surface area contributed by atoms with Crippen LogP contribution in [0.2, 0.25) is 0 Å². The summed E-state index contributed by atoms with van der Waals surface area (Å²) in [6.07, 6.45) is 4.02. The van der Waals surface area contributed by atoms with Gasteiger partial charge in [-0.3, -0.25) is 9.59 Å². The van der Waals surface area contributed by atoms with Gasteiger partial charge in [-0.2, -0.15) is 0 Å². The summed E-state index contributed by atoms with van der Waals surface area (Å²) in [4.78, 5) is 26.8. The molecule has 0 aromatic heterocycles. The summed E-state index contributed by atoms with van der Waals surface area (Å²) < 4.78 is 0. The number of nitrogens with zero attached hydrogens (tertiary/aromatic N) is 1. The maximum atomic E-state index is 13.0. The molecule has 4 heteroatoms. The largest absolute Gasteiger partial charge is 0.340 e. The van der Waals surface area contributed by atoms with Crippen LogP contribution in [0, 0.1) is 5.92 Å². The van der Waals surface area contributed by atoms with Gasteiger partial charge in [0.15, 0.2) is 0 Å². The molecule has 1 saturated carbocycles. The lowest BCUT2D eigenvalue weighted by atomic mass is 9.90. The van der Waals surface area contributed by atoms with Crippen molar-refractivity contribution in [2.45, 2.75) is 38.1 Å². The molecule has 1 aliphatic heterocycles. The first-order chi connectivity index (χ1) is 10.1. The van der Waals surface area contributed by atoms with E-state index in [0.29, 0.717) is 13.0 Å². The molecule has 1 aromatic carbocycles. The van der Waals surface area contributed by atoms with Crippen LogP contribution in [0.3, 0.4) is 0 Å². The Morgan fingerprint density at radius 2 is 1.95 bits per heavy atom. The zero-order valence-electron chi connectivity index (χ0n) is 12.5. The van der Waals surface area contributed by atoms with E-state index in [0.717, 1.165) is 24.4 Å². The molecule has 2 fully saturated rings. The lowest BCUT2D eigenvalue weighted by molar-refractivity contribution is -0.138. The van der Waals surface area contributed by atoms with E-state index in [1.165, 1.54) is 12.8 Å². The van der Waals surface area contributed by atoms with Gasteiger partial charge in [-0.05, 0) is 24.8 Å². The Balaban J connectivity index is 1.85. The smallest absolute Gasteiger partial charge is 0.252 e. The van der Waals surface area contributed by atoms with Crippen molar-refractivity contribution in [2.24, 2.45) is 5.92 Å². The first-order valence-electron chi connectivity index (χ1n) is 7.75. The number of hydrogen-bond acceptors (Lipinski definition) is 2. The standard InChI is InChI=1S/C17H22N2O2/c1-17(14-5-3-2-4-6-14)16(21)19(11-9-13-7-8-13)12-10-15(20)18-17/h2-6,13H,7-12H2,1H3,(H,18,20). The molecule has 1 aromatic rings. The van der Waals surface area contributed by atoms with Crippen LogP contribution < -0.4 is 5.32 Å². The number of benzene rings is 1. The van der Waals surface area contributed by atoms with E-state index < -0.39 is 5.54 Å². The van der Waals surface area contributed by atoms with E-state index >= 15 is 0 Å². The van der Waals surface area contributed by atoms with E-state index in [1.807, 2.05) is 42.2 Å². The van der Waals surface area contributed by atoms with Crippen molar-refractivity contribution < 1.29 is 9.59 Å². The normalized spacial score (nSPS) is 26.4. The molecule has 2 amide bonds. The van der Waals surface area contributed by atoms with Crippen LogP contribution >= 0.6 is 0 Å². The fourth-order valence-electron chi connectivity index (χ4n) is 2.97. The van der Waals surface area contributed by atoms with E-state index in [1.54, 1.807) is 0 Å². The highest BCUT2D eigenvalue weighted by atomic mass is 16.2. The average Bonchev–Trinajstić information content (AvgIpc) is 3.31. The fraction of sp³-hybridized carbons (Fsp3) is 0.529. The molecule has 4 nitrogen and oxygen atoms in total. The van der Waals surface area contributed by atoms with Gasteiger partial charge in [0.25, 0.3) is 5.91 Å². The third-order valence-electron chi connectivity index (χ3n) is 4.57. The zero-order chi connectivity index (χ0) is 14.9. The van der Waals surface area contributed by atoms with Crippen molar-refractivity contribution in [3.05, 3.63) is 35.9 Å². The van der Waals surface area contributed by atoms with E-state index in [4.69, 9.17) is 0 Å². The van der Waals surface area contributed by atoms with Gasteiger partial charge in [-0.25, -0.2) is 0 Å². The minimum Gasteiger partial charge on any atom is -0.340 e. The van der Waals surface area contributed by atoms with Gasteiger partial charge in [-0.1, -0.05) is 43.2 Å². The van der Waals surface area contributed by atoms with Crippen molar-refractivity contribution in [1.82, 2.24) is 10.2 Å². The molecule has 2 aliphatic rings. The highest BCUT2D eigenvalue weighted by Crippen LogP contribution is 2.33. The average molecular weight is 286 g/mol. The number of carbonyl (C=O) groups is 2. The minimum atomic E-state index is -0.946. The Morgan fingerprint density at radius 1 is 1.24 bits per heavy atom. The van der Waals surface area contributed by atoms with E-state index in [2.05, 4.69) is 5.32 Å². The van der Waals surface area contributed by atoms with Crippen LogP contribution in [0.15, 0.2) is 30.3 Å². The van der Waals surface area contributed by atoms with Crippen LogP contribution in [0.25, 0.3) is 0 Å². The monoisotopic (exact) mass is 286 g/mol. The van der Waals surface area contributed by atoms with Gasteiger partial charge in [0.05, 0.1) is 0 Å². The van der Waals surface area contributed by atoms with Crippen LogP contribution in [0.4, 0.5) is 0 Å². The van der Waals surface area contributed by atoms with Crippen LogP contribution in [0.5, 0.6) is 0 Å². The third kappa shape index (κ3) is 2.94. The second-order valence-corrected chi connectivity index (χ2v) is 6.31. The maximum absolute atomic E-state index is 13.0. The summed E-state index contributed by atoms with van der Waals surface area (Å²) in [7, 11) is 0. The molecule has 1 N–H and O–H groups in total. The van der Waals surface area contributed by atoms with Crippen molar-refractivity contribution in [3.8, 4) is 0 Å². The Hall–Kier alpha value is -1.84. The molecule has 0 bridgehead atoms. The number of amides is 2. The number of carbonyl (C=O) groups excluding carboxylic acids is 2. The SMILES string of the molecule is CC1(c2ccccc2)NC(=O)CCN(CCC2CC2)C1=O. The minimum absolute atomic E-state index is 0.0141. The summed E-state index contributed by atoms with van der Waals surface area (Å²) in [5.74, 6) is 0.747. The lowest BCUT2D eigenvalue weighted by Crippen LogP contribution is -2.52. The predicted octanol–water partition coefficient (Wildman–Crippen LogP) is 2.05. The maximum Gasteiger partial charge on any atom is 0.252 e. The molecule has 1 aliphatic carbocycles. The quantitative estimate of drug-likeness (QED) is 0.921. The zero-order valence-corrected chi connectivity index (χ0v) is 12.5. The molecule has 21 heavy (non-hydrogen) atoms. The Kier molecular flexibility index (Phi) is 3.70. The van der Waals surface area contributed by atoms with E-state index in [9.17, 15) is 9.59 Å². The van der Waals surface area contributed by atoms with Crippen LogP contribution in [0.1, 0.15) is 38.2 Å². The summed E-state index contributed by atoms with van der Waals surface area (Å²) in [5.41, 5.74) is -0.0973. The van der Waals surface area contributed by atoms with Gasteiger partial charge in [-0.15, -0.1) is 0 Å². The second kappa shape index (κ2) is 5.51. The van der Waals surface area contributed by atoms with Gasteiger partial charge in [0, 0.05) is 19.5 Å². The second-order valence-electron chi connectivity index (χ2n) is 6.31. The van der Waals surface area contributed by atoms with Crippen LogP contribution in [-0.4, -0.2) is 29.8 Å². The molecule has 1 atom stereocenters. The molecular weight excluding hydrogens is 264 g/mol. The number of nitrogens with one attached hydrogen (secondary N) is 1. The number of rotatable bonds is 4.